The van der Waals surface area contributed by atoms with Crippen LogP contribution in [0.4, 0.5) is 5.82 Å². The molecule has 0 aliphatic heterocycles. The Morgan fingerprint density at radius 1 is 1.22 bits per heavy atom. The number of anilines is 1. The molecule has 0 saturated heterocycles. The number of aryl methyl sites for hydroxylation is 1. The molecule has 4 rings (SSSR count). The number of thiazole rings is 1. The number of nitrogens with zero attached hydrogens (tertiary/aromatic N) is 3. The number of methoxy groups -OCH3 is 1. The zero-order valence-electron chi connectivity index (χ0n) is 14.1. The van der Waals surface area contributed by atoms with Crippen molar-refractivity contribution in [2.24, 2.45) is 0 Å². The van der Waals surface area contributed by atoms with E-state index >= 15 is 0 Å². The molecule has 0 unspecified atom stereocenters. The van der Waals surface area contributed by atoms with Crippen molar-refractivity contribution >= 4 is 67.8 Å². The van der Waals surface area contributed by atoms with Gasteiger partial charge in [0.1, 0.15) is 15.9 Å². The molecule has 0 aliphatic rings. The molecule has 138 valence electrons. The highest BCUT2D eigenvalue weighted by atomic mass is 35.5. The van der Waals surface area contributed by atoms with Crippen molar-refractivity contribution in [2.45, 2.75) is 6.92 Å². The van der Waals surface area contributed by atoms with E-state index in [1.807, 2.05) is 25.1 Å². The van der Waals surface area contributed by atoms with Crippen LogP contribution in [0.15, 0.2) is 30.3 Å². The van der Waals surface area contributed by atoms with E-state index in [0.29, 0.717) is 25.2 Å². The van der Waals surface area contributed by atoms with Crippen LogP contribution < -0.4 is 10.1 Å². The molecule has 6 nitrogen and oxygen atoms in total. The first-order valence-electron chi connectivity index (χ1n) is 7.72. The molecule has 3 heterocycles. The van der Waals surface area contributed by atoms with E-state index in [0.717, 1.165) is 33.0 Å². The highest BCUT2D eigenvalue weighted by molar-refractivity contribution is 7.21. The lowest BCUT2D eigenvalue weighted by molar-refractivity contribution is 0.102. The summed E-state index contributed by atoms with van der Waals surface area (Å²) in [5, 5.41) is 7.92. The summed E-state index contributed by atoms with van der Waals surface area (Å²) in [6, 6.07) is 8.99. The molecule has 0 bridgehead atoms. The van der Waals surface area contributed by atoms with E-state index in [1.54, 1.807) is 23.9 Å². The third-order valence-corrected chi connectivity index (χ3v) is 6.24. The molecule has 0 atom stereocenters. The van der Waals surface area contributed by atoms with Gasteiger partial charge in [-0.3, -0.25) is 4.79 Å². The standard InChI is InChI=1S/C17H12Cl2N4O2S2/c1-8-5-14(21-16(24)10-7-13(18)27-15(10)19)23(22-8)17-20-11-6-9(25-2)3-4-12(11)26-17/h3-7H,1-2H3,(H,21,24). The summed E-state index contributed by atoms with van der Waals surface area (Å²) >= 11 is 14.6. The Kier molecular flexibility index (Phi) is 4.81. The SMILES string of the molecule is COc1ccc2sc(-n3nc(C)cc3NC(=O)c3cc(Cl)sc3Cl)nc2c1. The Hall–Kier alpha value is -2.13. The second kappa shape index (κ2) is 7.12. The molecule has 0 radical (unpaired) electrons. The van der Waals surface area contributed by atoms with Crippen LogP contribution in [0.3, 0.4) is 0 Å². The maximum atomic E-state index is 12.6. The second-order valence-electron chi connectivity index (χ2n) is 5.60. The summed E-state index contributed by atoms with van der Waals surface area (Å²) in [5.74, 6) is 0.877. The number of carbonyl (C=O) groups excluding carboxylic acids is 1. The van der Waals surface area contributed by atoms with E-state index in [4.69, 9.17) is 27.9 Å². The van der Waals surface area contributed by atoms with Crippen molar-refractivity contribution in [1.29, 1.82) is 0 Å². The monoisotopic (exact) mass is 438 g/mol. The number of aromatic nitrogens is 3. The molecule has 10 heteroatoms. The topological polar surface area (TPSA) is 69.0 Å². The van der Waals surface area contributed by atoms with E-state index in [-0.39, 0.29) is 5.91 Å². The summed E-state index contributed by atoms with van der Waals surface area (Å²) in [7, 11) is 1.61. The van der Waals surface area contributed by atoms with Gasteiger partial charge in [0, 0.05) is 12.1 Å². The lowest BCUT2D eigenvalue weighted by Crippen LogP contribution is -2.14. The third-order valence-electron chi connectivity index (χ3n) is 3.74. The van der Waals surface area contributed by atoms with Gasteiger partial charge in [0.05, 0.1) is 32.9 Å². The quantitative estimate of drug-likeness (QED) is 0.461. The smallest absolute Gasteiger partial charge is 0.259 e. The van der Waals surface area contributed by atoms with E-state index in [9.17, 15) is 4.79 Å². The van der Waals surface area contributed by atoms with Crippen LogP contribution in [-0.4, -0.2) is 27.8 Å². The zero-order valence-corrected chi connectivity index (χ0v) is 17.3. The van der Waals surface area contributed by atoms with Crippen molar-refractivity contribution in [2.75, 3.05) is 12.4 Å². The summed E-state index contributed by atoms with van der Waals surface area (Å²) in [5.41, 5.74) is 1.87. The first kappa shape index (κ1) is 18.2. The third kappa shape index (κ3) is 3.53. The predicted octanol–water partition coefficient (Wildman–Crippen LogP) is 5.42. The van der Waals surface area contributed by atoms with Gasteiger partial charge >= 0.3 is 0 Å². The van der Waals surface area contributed by atoms with Gasteiger partial charge in [-0.25, -0.2) is 4.98 Å². The molecule has 4 aromatic rings. The van der Waals surface area contributed by atoms with Gasteiger partial charge in [0.2, 0.25) is 5.13 Å². The van der Waals surface area contributed by atoms with E-state index < -0.39 is 0 Å². The maximum absolute atomic E-state index is 12.6. The van der Waals surface area contributed by atoms with E-state index in [1.165, 1.54) is 11.3 Å². The number of nitrogens with one attached hydrogen (secondary N) is 1. The summed E-state index contributed by atoms with van der Waals surface area (Å²) in [6.45, 7) is 1.84. The second-order valence-corrected chi connectivity index (χ2v) is 8.90. The minimum absolute atomic E-state index is 0.325. The van der Waals surface area contributed by atoms with Gasteiger partial charge in [-0.1, -0.05) is 34.5 Å². The molecule has 1 amide bonds. The number of fused-ring (bicyclic) bond motifs is 1. The van der Waals surface area contributed by atoms with Crippen LogP contribution in [0.1, 0.15) is 16.1 Å². The molecule has 1 aromatic carbocycles. The highest BCUT2D eigenvalue weighted by Crippen LogP contribution is 2.33. The molecular weight excluding hydrogens is 427 g/mol. The Morgan fingerprint density at radius 2 is 2.04 bits per heavy atom. The van der Waals surface area contributed by atoms with Gasteiger partial charge in [-0.05, 0) is 25.1 Å². The number of rotatable bonds is 4. The van der Waals surface area contributed by atoms with Crippen LogP contribution in [-0.2, 0) is 0 Å². The van der Waals surface area contributed by atoms with E-state index in [2.05, 4.69) is 15.4 Å². The molecule has 27 heavy (non-hydrogen) atoms. The van der Waals surface area contributed by atoms with Crippen LogP contribution in [0.25, 0.3) is 15.3 Å². The number of thiophene rings is 1. The van der Waals surface area contributed by atoms with Gasteiger partial charge in [0.15, 0.2) is 0 Å². The number of ether oxygens (including phenoxy) is 1. The Morgan fingerprint density at radius 3 is 2.74 bits per heavy atom. The normalized spacial score (nSPS) is 11.1. The number of carbonyl (C=O) groups is 1. The molecule has 0 spiro atoms. The van der Waals surface area contributed by atoms with Crippen molar-refractivity contribution in [3.63, 3.8) is 0 Å². The average molecular weight is 439 g/mol. The molecule has 1 N–H and O–H groups in total. The van der Waals surface area contributed by atoms with Gasteiger partial charge in [0.25, 0.3) is 5.91 Å². The summed E-state index contributed by atoms with van der Waals surface area (Å²) in [4.78, 5) is 17.2. The number of hydrogen-bond acceptors (Lipinski definition) is 6. The fraction of sp³-hybridized carbons (Fsp3) is 0.118. The number of benzene rings is 1. The van der Waals surface area contributed by atoms with Gasteiger partial charge < -0.3 is 10.1 Å². The van der Waals surface area contributed by atoms with Crippen LogP contribution in [0.5, 0.6) is 5.75 Å². The first-order valence-corrected chi connectivity index (χ1v) is 10.1. The molecular formula is C17H12Cl2N4O2S2. The van der Waals surface area contributed by atoms with Crippen LogP contribution in [0, 0.1) is 6.92 Å². The highest BCUT2D eigenvalue weighted by Gasteiger charge is 2.19. The Labute approximate surface area is 172 Å². The Bertz CT molecular complexity index is 1170. The molecule has 0 saturated carbocycles. The lowest BCUT2D eigenvalue weighted by Gasteiger charge is -2.05. The maximum Gasteiger partial charge on any atom is 0.259 e. The molecule has 0 aliphatic carbocycles. The van der Waals surface area contributed by atoms with Crippen LogP contribution >= 0.6 is 45.9 Å². The number of halogens is 2. The molecule has 0 fully saturated rings. The number of hydrogen-bond donors (Lipinski definition) is 1. The average Bonchev–Trinajstić information content (AvgIpc) is 3.30. The first-order chi connectivity index (χ1) is 12.9. The lowest BCUT2D eigenvalue weighted by atomic mass is 10.3. The summed E-state index contributed by atoms with van der Waals surface area (Å²) < 4.78 is 8.63. The predicted molar refractivity (Wildman–Crippen MR) is 110 cm³/mol. The van der Waals surface area contributed by atoms with Crippen molar-refractivity contribution in [3.8, 4) is 10.9 Å². The minimum Gasteiger partial charge on any atom is -0.497 e. The number of amides is 1. The molecule has 3 aromatic heterocycles. The Balaban J connectivity index is 1.71. The fourth-order valence-corrected chi connectivity index (χ4v) is 4.90. The fourth-order valence-electron chi connectivity index (χ4n) is 2.53. The minimum atomic E-state index is -0.355. The largest absolute Gasteiger partial charge is 0.497 e. The van der Waals surface area contributed by atoms with Gasteiger partial charge in [-0.15, -0.1) is 11.3 Å². The van der Waals surface area contributed by atoms with Gasteiger partial charge in [-0.2, -0.15) is 9.78 Å². The van der Waals surface area contributed by atoms with Crippen molar-refractivity contribution < 1.29 is 9.53 Å². The summed E-state index contributed by atoms with van der Waals surface area (Å²) in [6.07, 6.45) is 0. The van der Waals surface area contributed by atoms with Crippen molar-refractivity contribution in [1.82, 2.24) is 14.8 Å². The zero-order chi connectivity index (χ0) is 19.1. The van der Waals surface area contributed by atoms with Crippen LogP contribution in [0.2, 0.25) is 8.67 Å². The van der Waals surface area contributed by atoms with Crippen molar-refractivity contribution in [3.05, 3.63) is 50.3 Å².